The van der Waals surface area contributed by atoms with Gasteiger partial charge in [0.15, 0.2) is 0 Å². The highest BCUT2D eigenvalue weighted by Gasteiger charge is 2.18. The quantitative estimate of drug-likeness (QED) is 0.904. The number of hydrogen-bond donors (Lipinski definition) is 1. The molecule has 100 valence electrons. The molecule has 0 radical (unpaired) electrons. The topological polar surface area (TPSA) is 48.1 Å². The molecule has 1 aromatic heterocycles. The maximum absolute atomic E-state index is 12.8. The Balaban J connectivity index is 1.54. The van der Waals surface area contributed by atoms with Gasteiger partial charge < -0.3 is 4.90 Å². The molecule has 0 spiro atoms. The number of aromatic nitrogens is 3. The van der Waals surface area contributed by atoms with E-state index in [0.29, 0.717) is 0 Å². The van der Waals surface area contributed by atoms with Gasteiger partial charge in [-0.1, -0.05) is 12.1 Å². The summed E-state index contributed by atoms with van der Waals surface area (Å²) in [7, 11) is 0. The van der Waals surface area contributed by atoms with Crippen LogP contribution in [0.1, 0.15) is 5.56 Å². The van der Waals surface area contributed by atoms with Crippen molar-refractivity contribution in [1.29, 1.82) is 0 Å². The molecule has 5 nitrogen and oxygen atoms in total. The Bertz CT molecular complexity index is 502. The molecule has 3 rings (SSSR count). The van der Waals surface area contributed by atoms with Crippen molar-refractivity contribution in [3.63, 3.8) is 0 Å². The highest BCUT2D eigenvalue weighted by molar-refractivity contribution is 5.28. The molecule has 0 unspecified atom stereocenters. The summed E-state index contributed by atoms with van der Waals surface area (Å²) in [5.74, 6) is 0.653. The fraction of sp³-hybridized carbons (Fsp3) is 0.385. The molecule has 0 aliphatic carbocycles. The summed E-state index contributed by atoms with van der Waals surface area (Å²) < 4.78 is 12.8. The number of halogens is 1. The Hall–Kier alpha value is -1.95. The first-order valence-electron chi connectivity index (χ1n) is 6.38. The third kappa shape index (κ3) is 2.90. The number of anilines is 1. The van der Waals surface area contributed by atoms with Crippen LogP contribution in [0.3, 0.4) is 0 Å². The van der Waals surface area contributed by atoms with Crippen molar-refractivity contribution in [1.82, 2.24) is 20.1 Å². The van der Waals surface area contributed by atoms with Gasteiger partial charge in [-0.3, -0.25) is 4.90 Å². The van der Waals surface area contributed by atoms with Crippen LogP contribution in [0, 0.1) is 5.82 Å². The minimum absolute atomic E-state index is 0.182. The van der Waals surface area contributed by atoms with E-state index in [0.717, 1.165) is 44.2 Å². The summed E-state index contributed by atoms with van der Waals surface area (Å²) in [5, 5.41) is 6.75. The molecule has 1 fully saturated rings. The van der Waals surface area contributed by atoms with E-state index in [1.54, 1.807) is 0 Å². The van der Waals surface area contributed by atoms with Gasteiger partial charge in [0.2, 0.25) is 5.95 Å². The molecule has 2 aromatic rings. The molecule has 0 amide bonds. The van der Waals surface area contributed by atoms with Crippen molar-refractivity contribution >= 4 is 5.95 Å². The zero-order chi connectivity index (χ0) is 13.1. The maximum Gasteiger partial charge on any atom is 0.221 e. The van der Waals surface area contributed by atoms with Gasteiger partial charge in [0.25, 0.3) is 0 Å². The minimum Gasteiger partial charge on any atom is -0.339 e. The predicted molar refractivity (Wildman–Crippen MR) is 70.3 cm³/mol. The van der Waals surface area contributed by atoms with Crippen LogP contribution in [-0.2, 0) is 6.54 Å². The van der Waals surface area contributed by atoms with Crippen molar-refractivity contribution < 1.29 is 4.39 Å². The number of nitrogens with one attached hydrogen (secondary N) is 1. The summed E-state index contributed by atoms with van der Waals surface area (Å²) in [4.78, 5) is 8.71. The van der Waals surface area contributed by atoms with Gasteiger partial charge in [0.1, 0.15) is 12.1 Å². The summed E-state index contributed by atoms with van der Waals surface area (Å²) in [6.07, 6.45) is 1.53. The second kappa shape index (κ2) is 5.36. The second-order valence-corrected chi connectivity index (χ2v) is 4.70. The van der Waals surface area contributed by atoms with E-state index >= 15 is 0 Å². The van der Waals surface area contributed by atoms with Gasteiger partial charge in [-0.2, -0.15) is 10.1 Å². The van der Waals surface area contributed by atoms with Gasteiger partial charge in [-0.15, -0.1) is 0 Å². The van der Waals surface area contributed by atoms with Crippen LogP contribution in [0.4, 0.5) is 10.3 Å². The van der Waals surface area contributed by atoms with Gasteiger partial charge in [0.05, 0.1) is 0 Å². The van der Waals surface area contributed by atoms with E-state index in [4.69, 9.17) is 0 Å². The Labute approximate surface area is 111 Å². The van der Waals surface area contributed by atoms with Gasteiger partial charge in [0, 0.05) is 32.7 Å². The molecule has 19 heavy (non-hydrogen) atoms. The van der Waals surface area contributed by atoms with E-state index in [1.807, 2.05) is 12.1 Å². The molecule has 6 heteroatoms. The van der Waals surface area contributed by atoms with E-state index in [1.165, 1.54) is 18.5 Å². The number of hydrogen-bond acceptors (Lipinski definition) is 4. The van der Waals surface area contributed by atoms with Crippen LogP contribution in [0.2, 0.25) is 0 Å². The van der Waals surface area contributed by atoms with Crippen molar-refractivity contribution in [3.05, 3.63) is 42.0 Å². The normalized spacial score (nSPS) is 16.8. The first-order chi connectivity index (χ1) is 9.31. The lowest BCUT2D eigenvalue weighted by atomic mass is 10.2. The van der Waals surface area contributed by atoms with Crippen molar-refractivity contribution in [2.45, 2.75) is 6.54 Å². The Morgan fingerprint density at radius 2 is 1.84 bits per heavy atom. The number of H-pyrrole nitrogens is 1. The van der Waals surface area contributed by atoms with Crippen LogP contribution in [-0.4, -0.2) is 46.3 Å². The minimum atomic E-state index is -0.182. The van der Waals surface area contributed by atoms with Crippen molar-refractivity contribution in [2.75, 3.05) is 31.1 Å². The van der Waals surface area contributed by atoms with Crippen LogP contribution >= 0.6 is 0 Å². The maximum atomic E-state index is 12.8. The van der Waals surface area contributed by atoms with Crippen molar-refractivity contribution in [3.8, 4) is 0 Å². The highest BCUT2D eigenvalue weighted by Crippen LogP contribution is 2.12. The summed E-state index contributed by atoms with van der Waals surface area (Å²) >= 11 is 0. The smallest absolute Gasteiger partial charge is 0.221 e. The number of piperazine rings is 1. The Morgan fingerprint density at radius 1 is 1.11 bits per heavy atom. The lowest BCUT2D eigenvalue weighted by molar-refractivity contribution is 0.248. The van der Waals surface area contributed by atoms with E-state index in [9.17, 15) is 4.39 Å². The number of benzene rings is 1. The van der Waals surface area contributed by atoms with Crippen LogP contribution in [0.25, 0.3) is 0 Å². The third-order valence-corrected chi connectivity index (χ3v) is 3.39. The standard InChI is InChI=1S/C13H16FN5/c14-12-3-1-11(2-4-12)9-18-5-7-19(8-6-18)13-15-10-16-17-13/h1-4,10H,5-9H2,(H,15,16,17). The fourth-order valence-corrected chi connectivity index (χ4v) is 2.32. The molecule has 1 N–H and O–H groups in total. The molecule has 1 aliphatic rings. The average Bonchev–Trinajstić information content (AvgIpc) is 2.96. The van der Waals surface area contributed by atoms with Gasteiger partial charge >= 0.3 is 0 Å². The summed E-state index contributed by atoms with van der Waals surface area (Å²) in [6.45, 7) is 4.66. The molecule has 0 bridgehead atoms. The molecule has 0 atom stereocenters. The van der Waals surface area contributed by atoms with Crippen LogP contribution in [0.5, 0.6) is 0 Å². The Morgan fingerprint density at radius 3 is 2.47 bits per heavy atom. The van der Waals surface area contributed by atoms with E-state index in [2.05, 4.69) is 25.0 Å². The van der Waals surface area contributed by atoms with Crippen LogP contribution in [0.15, 0.2) is 30.6 Å². The predicted octanol–water partition coefficient (Wildman–Crippen LogP) is 1.27. The highest BCUT2D eigenvalue weighted by atomic mass is 19.1. The van der Waals surface area contributed by atoms with Gasteiger partial charge in [-0.05, 0) is 17.7 Å². The zero-order valence-electron chi connectivity index (χ0n) is 10.6. The molecule has 2 heterocycles. The molecular weight excluding hydrogens is 245 g/mol. The molecule has 1 aromatic carbocycles. The number of nitrogens with zero attached hydrogens (tertiary/aromatic N) is 4. The zero-order valence-corrected chi connectivity index (χ0v) is 10.6. The van der Waals surface area contributed by atoms with E-state index in [-0.39, 0.29) is 5.82 Å². The average molecular weight is 261 g/mol. The lowest BCUT2D eigenvalue weighted by Gasteiger charge is -2.34. The molecule has 1 aliphatic heterocycles. The molecule has 0 saturated carbocycles. The molecule has 1 saturated heterocycles. The monoisotopic (exact) mass is 261 g/mol. The third-order valence-electron chi connectivity index (χ3n) is 3.39. The Kier molecular flexibility index (Phi) is 3.41. The first-order valence-corrected chi connectivity index (χ1v) is 6.38. The van der Waals surface area contributed by atoms with E-state index < -0.39 is 0 Å². The number of rotatable bonds is 3. The fourth-order valence-electron chi connectivity index (χ4n) is 2.32. The largest absolute Gasteiger partial charge is 0.339 e. The number of aromatic amines is 1. The first kappa shape index (κ1) is 12.1. The molecular formula is C13H16FN5. The van der Waals surface area contributed by atoms with Crippen LogP contribution < -0.4 is 4.90 Å². The second-order valence-electron chi connectivity index (χ2n) is 4.70. The van der Waals surface area contributed by atoms with Gasteiger partial charge in [-0.25, -0.2) is 9.49 Å². The SMILES string of the molecule is Fc1ccc(CN2CCN(c3ncn[nH]3)CC2)cc1. The van der Waals surface area contributed by atoms with Crippen molar-refractivity contribution in [2.24, 2.45) is 0 Å². The summed E-state index contributed by atoms with van der Waals surface area (Å²) in [6, 6.07) is 6.72. The lowest BCUT2D eigenvalue weighted by Crippen LogP contribution is -2.46. The summed E-state index contributed by atoms with van der Waals surface area (Å²) in [5.41, 5.74) is 1.15.